The molecule has 1 aliphatic rings. The highest BCUT2D eigenvalue weighted by atomic mass is 16.5. The SMILES string of the molecule is CC(C)Cc1nnc(C2CNCCO2)o1. The van der Waals surface area contributed by atoms with Crippen molar-refractivity contribution in [2.45, 2.75) is 26.4 Å². The van der Waals surface area contributed by atoms with E-state index in [0.717, 1.165) is 19.5 Å². The Balaban J connectivity index is 1.99. The summed E-state index contributed by atoms with van der Waals surface area (Å²) >= 11 is 0. The van der Waals surface area contributed by atoms with Gasteiger partial charge in [0.25, 0.3) is 0 Å². The summed E-state index contributed by atoms with van der Waals surface area (Å²) in [5, 5.41) is 11.2. The van der Waals surface area contributed by atoms with Crippen molar-refractivity contribution in [3.63, 3.8) is 0 Å². The van der Waals surface area contributed by atoms with Gasteiger partial charge in [0.15, 0.2) is 0 Å². The van der Waals surface area contributed by atoms with E-state index in [4.69, 9.17) is 9.15 Å². The molecule has 1 saturated heterocycles. The maximum atomic E-state index is 5.55. The van der Waals surface area contributed by atoms with Crippen LogP contribution >= 0.6 is 0 Å². The number of ether oxygens (including phenoxy) is 1. The Morgan fingerprint density at radius 1 is 1.47 bits per heavy atom. The summed E-state index contributed by atoms with van der Waals surface area (Å²) < 4.78 is 11.1. The summed E-state index contributed by atoms with van der Waals surface area (Å²) in [6.07, 6.45) is 0.750. The predicted molar refractivity (Wildman–Crippen MR) is 54.4 cm³/mol. The van der Waals surface area contributed by atoms with Crippen molar-refractivity contribution in [1.29, 1.82) is 0 Å². The fraction of sp³-hybridized carbons (Fsp3) is 0.800. The fourth-order valence-electron chi connectivity index (χ4n) is 1.55. The molecule has 1 N–H and O–H groups in total. The quantitative estimate of drug-likeness (QED) is 0.806. The van der Waals surface area contributed by atoms with Crippen molar-refractivity contribution in [2.75, 3.05) is 19.7 Å². The third kappa shape index (κ3) is 2.76. The van der Waals surface area contributed by atoms with Crippen LogP contribution in [0.15, 0.2) is 4.42 Å². The Morgan fingerprint density at radius 3 is 3.00 bits per heavy atom. The molecule has 2 rings (SSSR count). The van der Waals surface area contributed by atoms with Crippen molar-refractivity contribution >= 4 is 0 Å². The minimum atomic E-state index is -0.0767. The molecule has 15 heavy (non-hydrogen) atoms. The molecule has 1 atom stereocenters. The van der Waals surface area contributed by atoms with Crippen LogP contribution in [0.25, 0.3) is 0 Å². The summed E-state index contributed by atoms with van der Waals surface area (Å²) in [5.74, 6) is 1.83. The van der Waals surface area contributed by atoms with Gasteiger partial charge >= 0.3 is 0 Å². The normalized spacial score (nSPS) is 22.2. The zero-order valence-electron chi connectivity index (χ0n) is 9.19. The van der Waals surface area contributed by atoms with Crippen LogP contribution in [-0.4, -0.2) is 29.9 Å². The van der Waals surface area contributed by atoms with Crippen LogP contribution in [0.3, 0.4) is 0 Å². The topological polar surface area (TPSA) is 60.2 Å². The number of nitrogens with one attached hydrogen (secondary N) is 1. The number of hydrogen-bond acceptors (Lipinski definition) is 5. The van der Waals surface area contributed by atoms with Crippen LogP contribution < -0.4 is 5.32 Å². The highest BCUT2D eigenvalue weighted by Gasteiger charge is 2.21. The van der Waals surface area contributed by atoms with Crippen LogP contribution in [0.2, 0.25) is 0 Å². The Morgan fingerprint density at radius 2 is 2.33 bits per heavy atom. The maximum absolute atomic E-state index is 5.55. The molecule has 5 nitrogen and oxygen atoms in total. The number of hydrogen-bond donors (Lipinski definition) is 1. The maximum Gasteiger partial charge on any atom is 0.246 e. The Hall–Kier alpha value is -0.940. The van der Waals surface area contributed by atoms with E-state index in [1.54, 1.807) is 0 Å². The van der Waals surface area contributed by atoms with Gasteiger partial charge in [0.2, 0.25) is 11.8 Å². The zero-order chi connectivity index (χ0) is 10.7. The lowest BCUT2D eigenvalue weighted by atomic mass is 10.1. The van der Waals surface area contributed by atoms with E-state index in [2.05, 4.69) is 29.4 Å². The van der Waals surface area contributed by atoms with Crippen molar-refractivity contribution in [2.24, 2.45) is 5.92 Å². The first-order valence-corrected chi connectivity index (χ1v) is 5.40. The smallest absolute Gasteiger partial charge is 0.246 e. The number of nitrogens with zero attached hydrogens (tertiary/aromatic N) is 2. The zero-order valence-corrected chi connectivity index (χ0v) is 9.19. The fourth-order valence-corrected chi connectivity index (χ4v) is 1.55. The highest BCUT2D eigenvalue weighted by molar-refractivity contribution is 4.90. The second-order valence-electron chi connectivity index (χ2n) is 4.20. The van der Waals surface area contributed by atoms with Gasteiger partial charge in [-0.2, -0.15) is 0 Å². The van der Waals surface area contributed by atoms with Crippen LogP contribution in [0.1, 0.15) is 31.7 Å². The van der Waals surface area contributed by atoms with E-state index in [0.29, 0.717) is 24.3 Å². The molecule has 5 heteroatoms. The first-order valence-electron chi connectivity index (χ1n) is 5.40. The van der Waals surface area contributed by atoms with Crippen molar-refractivity contribution < 1.29 is 9.15 Å². The predicted octanol–water partition coefficient (Wildman–Crippen LogP) is 0.929. The molecule has 0 spiro atoms. The molecule has 84 valence electrons. The minimum absolute atomic E-state index is 0.0767. The van der Waals surface area contributed by atoms with Gasteiger partial charge in [0.05, 0.1) is 6.61 Å². The van der Waals surface area contributed by atoms with Crippen LogP contribution in [0.5, 0.6) is 0 Å². The van der Waals surface area contributed by atoms with E-state index in [1.165, 1.54) is 0 Å². The number of aromatic nitrogens is 2. The second-order valence-corrected chi connectivity index (χ2v) is 4.20. The molecule has 0 bridgehead atoms. The molecular weight excluding hydrogens is 194 g/mol. The van der Waals surface area contributed by atoms with Crippen molar-refractivity contribution in [3.05, 3.63) is 11.8 Å². The van der Waals surface area contributed by atoms with Gasteiger partial charge in [0, 0.05) is 19.5 Å². The Kier molecular flexibility index (Phi) is 3.33. The Bertz CT molecular complexity index is 305. The molecule has 0 saturated carbocycles. The van der Waals surface area contributed by atoms with Gasteiger partial charge in [0.1, 0.15) is 6.10 Å². The van der Waals surface area contributed by atoms with Gasteiger partial charge in [-0.1, -0.05) is 13.8 Å². The third-order valence-electron chi connectivity index (χ3n) is 2.27. The van der Waals surface area contributed by atoms with Crippen LogP contribution in [-0.2, 0) is 11.2 Å². The van der Waals surface area contributed by atoms with E-state index < -0.39 is 0 Å². The van der Waals surface area contributed by atoms with E-state index in [9.17, 15) is 0 Å². The largest absolute Gasteiger partial charge is 0.422 e. The molecule has 1 aromatic rings. The van der Waals surface area contributed by atoms with Gasteiger partial charge < -0.3 is 14.5 Å². The monoisotopic (exact) mass is 211 g/mol. The summed E-state index contributed by atoms with van der Waals surface area (Å²) in [7, 11) is 0. The summed E-state index contributed by atoms with van der Waals surface area (Å²) in [4.78, 5) is 0. The van der Waals surface area contributed by atoms with E-state index >= 15 is 0 Å². The van der Waals surface area contributed by atoms with Crippen molar-refractivity contribution in [3.8, 4) is 0 Å². The average Bonchev–Trinajstić information content (AvgIpc) is 2.67. The van der Waals surface area contributed by atoms with E-state index in [-0.39, 0.29) is 6.10 Å². The second kappa shape index (κ2) is 4.72. The molecule has 0 radical (unpaired) electrons. The van der Waals surface area contributed by atoms with Crippen LogP contribution in [0.4, 0.5) is 0 Å². The minimum Gasteiger partial charge on any atom is -0.422 e. The highest BCUT2D eigenvalue weighted by Crippen LogP contribution is 2.18. The van der Waals surface area contributed by atoms with Gasteiger partial charge in [-0.3, -0.25) is 0 Å². The molecule has 1 aromatic heterocycles. The molecule has 0 amide bonds. The lowest BCUT2D eigenvalue weighted by molar-refractivity contribution is 0.0101. The molecule has 2 heterocycles. The van der Waals surface area contributed by atoms with Gasteiger partial charge in [-0.05, 0) is 5.92 Å². The lowest BCUT2D eigenvalue weighted by Gasteiger charge is -2.20. The number of rotatable bonds is 3. The molecule has 0 aliphatic carbocycles. The summed E-state index contributed by atoms with van der Waals surface area (Å²) in [5.41, 5.74) is 0. The number of morpholine rings is 1. The summed E-state index contributed by atoms with van der Waals surface area (Å²) in [6, 6.07) is 0. The molecule has 1 aliphatic heterocycles. The van der Waals surface area contributed by atoms with Crippen LogP contribution in [0, 0.1) is 5.92 Å². The molecule has 0 aromatic carbocycles. The average molecular weight is 211 g/mol. The van der Waals surface area contributed by atoms with Crippen molar-refractivity contribution in [1.82, 2.24) is 15.5 Å². The first-order chi connectivity index (χ1) is 7.25. The van der Waals surface area contributed by atoms with Gasteiger partial charge in [-0.25, -0.2) is 0 Å². The standard InChI is InChI=1S/C10H17N3O2/c1-7(2)5-9-12-13-10(15-9)8-6-11-3-4-14-8/h7-8,11H,3-6H2,1-2H3. The summed E-state index contributed by atoms with van der Waals surface area (Å²) in [6.45, 7) is 6.60. The first kappa shape index (κ1) is 10.6. The molecular formula is C10H17N3O2. The third-order valence-corrected chi connectivity index (χ3v) is 2.27. The Labute approximate surface area is 89.2 Å². The van der Waals surface area contributed by atoms with Gasteiger partial charge in [-0.15, -0.1) is 10.2 Å². The molecule has 1 unspecified atom stereocenters. The lowest BCUT2D eigenvalue weighted by Crippen LogP contribution is -2.33. The van der Waals surface area contributed by atoms with E-state index in [1.807, 2.05) is 0 Å². The molecule has 1 fully saturated rings.